The number of pyridine rings is 1. The number of carbonyl (C=O) groups excluding carboxylic acids is 1. The van der Waals surface area contributed by atoms with Gasteiger partial charge in [0.15, 0.2) is 5.82 Å². The minimum Gasteiger partial charge on any atom is -0.478 e. The van der Waals surface area contributed by atoms with E-state index >= 15 is 0 Å². The first-order chi connectivity index (χ1) is 11.0. The monoisotopic (exact) mass is 344 g/mol. The van der Waals surface area contributed by atoms with E-state index in [1.165, 1.54) is 0 Å². The van der Waals surface area contributed by atoms with E-state index in [-0.39, 0.29) is 13.0 Å². The normalized spacial score (nSPS) is 13.9. The summed E-state index contributed by atoms with van der Waals surface area (Å²) < 4.78 is 19.0. The topological polar surface area (TPSA) is 129 Å². The number of aromatic nitrogens is 1. The molecule has 0 saturated carbocycles. The Balaban J connectivity index is 2.63. The van der Waals surface area contributed by atoms with Gasteiger partial charge in [0.2, 0.25) is 0 Å². The maximum absolute atomic E-state index is 14.0. The quantitative estimate of drug-likeness (QED) is 0.611. The molecule has 0 aliphatic carbocycles. The highest BCUT2D eigenvalue weighted by Crippen LogP contribution is 2.22. The molecule has 1 heterocycles. The van der Waals surface area contributed by atoms with Crippen molar-refractivity contribution in [2.24, 2.45) is 0 Å². The highest BCUT2D eigenvalue weighted by molar-refractivity contribution is 5.87. The Labute approximate surface area is 138 Å². The lowest BCUT2D eigenvalue weighted by molar-refractivity contribution is 0.00763. The van der Waals surface area contributed by atoms with Gasteiger partial charge in [0.25, 0.3) is 0 Å². The number of carboxylic acids is 1. The number of amides is 1. The highest BCUT2D eigenvalue weighted by Gasteiger charge is 2.26. The third-order valence-electron chi connectivity index (χ3n) is 2.90. The Bertz CT molecular complexity index is 602. The van der Waals surface area contributed by atoms with Crippen LogP contribution in [0.1, 0.15) is 49.3 Å². The number of aliphatic hydroxyl groups excluding tert-OH is 2. The molecule has 0 aliphatic rings. The van der Waals surface area contributed by atoms with Crippen LogP contribution in [-0.4, -0.2) is 50.6 Å². The summed E-state index contributed by atoms with van der Waals surface area (Å²) in [5.74, 6) is -2.72. The molecule has 0 saturated heterocycles. The Morgan fingerprint density at radius 2 is 2.00 bits per heavy atom. The summed E-state index contributed by atoms with van der Waals surface area (Å²) in [7, 11) is 0. The van der Waals surface area contributed by atoms with E-state index in [1.807, 2.05) is 0 Å². The predicted molar refractivity (Wildman–Crippen MR) is 81.0 cm³/mol. The summed E-state index contributed by atoms with van der Waals surface area (Å²) >= 11 is 0. The molecule has 1 amide bonds. The van der Waals surface area contributed by atoms with Crippen LogP contribution in [-0.2, 0) is 4.74 Å². The molecule has 0 radical (unpaired) electrons. The summed E-state index contributed by atoms with van der Waals surface area (Å²) in [6.45, 7) is 5.03. The number of nitrogens with zero attached hydrogens (tertiary/aromatic N) is 1. The molecular formula is C15H21FN2O6. The number of hydrogen-bond acceptors (Lipinski definition) is 6. The third-order valence-corrected chi connectivity index (χ3v) is 2.90. The van der Waals surface area contributed by atoms with Gasteiger partial charge >= 0.3 is 12.1 Å². The van der Waals surface area contributed by atoms with Crippen molar-refractivity contribution in [3.05, 3.63) is 29.3 Å². The molecule has 0 aliphatic heterocycles. The van der Waals surface area contributed by atoms with Crippen LogP contribution in [0, 0.1) is 5.82 Å². The average molecular weight is 344 g/mol. The second-order valence-corrected chi connectivity index (χ2v) is 6.09. The van der Waals surface area contributed by atoms with Crippen molar-refractivity contribution < 1.29 is 34.0 Å². The van der Waals surface area contributed by atoms with E-state index in [0.29, 0.717) is 0 Å². The van der Waals surface area contributed by atoms with E-state index in [9.17, 15) is 24.2 Å². The lowest BCUT2D eigenvalue weighted by atomic mass is 10.0. The van der Waals surface area contributed by atoms with Gasteiger partial charge in [0.05, 0.1) is 11.7 Å². The van der Waals surface area contributed by atoms with Crippen molar-refractivity contribution in [2.75, 3.05) is 6.54 Å². The molecule has 0 bridgehead atoms. The van der Waals surface area contributed by atoms with E-state index in [0.717, 1.165) is 12.3 Å². The Kier molecular flexibility index (Phi) is 6.61. The number of nitrogens with one attached hydrogen (secondary N) is 1. The zero-order valence-electron chi connectivity index (χ0n) is 13.6. The molecule has 0 fully saturated rings. The van der Waals surface area contributed by atoms with Gasteiger partial charge in [-0.05, 0) is 33.3 Å². The molecule has 2 unspecified atom stereocenters. The smallest absolute Gasteiger partial charge is 0.407 e. The van der Waals surface area contributed by atoms with Gasteiger partial charge < -0.3 is 25.4 Å². The number of carboxylic acid groups (broad SMARTS) is 1. The lowest BCUT2D eigenvalue weighted by Gasteiger charge is -2.21. The molecule has 0 spiro atoms. The standard InChI is InChI=1S/C15H21FN2O6/c1-15(2,3)24-14(23)18-7-5-9(19)12(20)11-10(16)8(13(21)22)4-6-17-11/h4,6,9,12,19-20H,5,7H2,1-3H3,(H,18,23)(H,21,22). The van der Waals surface area contributed by atoms with Crippen molar-refractivity contribution in [1.29, 1.82) is 0 Å². The second-order valence-electron chi connectivity index (χ2n) is 6.09. The first kappa shape index (κ1) is 19.8. The summed E-state index contributed by atoms with van der Waals surface area (Å²) in [6.07, 6.45) is -2.97. The van der Waals surface area contributed by atoms with E-state index in [2.05, 4.69) is 10.3 Å². The van der Waals surface area contributed by atoms with Crippen LogP contribution in [0.15, 0.2) is 12.3 Å². The second kappa shape index (κ2) is 8.02. The molecule has 134 valence electrons. The molecule has 9 heteroatoms. The van der Waals surface area contributed by atoms with Crippen LogP contribution in [0.5, 0.6) is 0 Å². The van der Waals surface area contributed by atoms with E-state index < -0.39 is 46.9 Å². The summed E-state index contributed by atoms with van der Waals surface area (Å²) in [6, 6.07) is 0.949. The van der Waals surface area contributed by atoms with Gasteiger partial charge in [-0.1, -0.05) is 0 Å². The van der Waals surface area contributed by atoms with Gasteiger partial charge in [-0.15, -0.1) is 0 Å². The largest absolute Gasteiger partial charge is 0.478 e. The third kappa shape index (κ3) is 5.74. The highest BCUT2D eigenvalue weighted by atomic mass is 19.1. The van der Waals surface area contributed by atoms with Crippen LogP contribution in [0.4, 0.5) is 9.18 Å². The fourth-order valence-corrected chi connectivity index (χ4v) is 1.81. The molecule has 1 aromatic heterocycles. The molecule has 1 rings (SSSR count). The van der Waals surface area contributed by atoms with Crippen LogP contribution >= 0.6 is 0 Å². The summed E-state index contributed by atoms with van der Waals surface area (Å²) in [5, 5.41) is 31.0. The van der Waals surface area contributed by atoms with Gasteiger partial charge in [-0.25, -0.2) is 14.0 Å². The number of carbonyl (C=O) groups is 2. The number of halogens is 1. The fraction of sp³-hybridized carbons (Fsp3) is 0.533. The molecule has 4 N–H and O–H groups in total. The predicted octanol–water partition coefficient (Wildman–Crippen LogP) is 1.23. The van der Waals surface area contributed by atoms with Crippen molar-refractivity contribution in [2.45, 2.75) is 45.0 Å². The molecule has 24 heavy (non-hydrogen) atoms. The Morgan fingerprint density at radius 3 is 2.54 bits per heavy atom. The Morgan fingerprint density at radius 1 is 1.38 bits per heavy atom. The molecular weight excluding hydrogens is 323 g/mol. The lowest BCUT2D eigenvalue weighted by Crippen LogP contribution is -2.35. The molecule has 2 atom stereocenters. The first-order valence-electron chi connectivity index (χ1n) is 7.23. The molecule has 8 nitrogen and oxygen atoms in total. The van der Waals surface area contributed by atoms with E-state index in [4.69, 9.17) is 9.84 Å². The summed E-state index contributed by atoms with van der Waals surface area (Å²) in [5.41, 5.74) is -1.90. The number of alkyl carbamates (subject to hydrolysis) is 1. The SMILES string of the molecule is CC(C)(C)OC(=O)NCCC(O)C(O)c1nccc(C(=O)O)c1F. The van der Waals surface area contributed by atoms with Crippen LogP contribution in [0.3, 0.4) is 0 Å². The first-order valence-corrected chi connectivity index (χ1v) is 7.23. The van der Waals surface area contributed by atoms with Gasteiger partial charge in [-0.3, -0.25) is 4.98 Å². The average Bonchev–Trinajstić information content (AvgIpc) is 2.44. The Hall–Kier alpha value is -2.26. The minimum absolute atomic E-state index is 0.0343. The van der Waals surface area contributed by atoms with Gasteiger partial charge in [0.1, 0.15) is 17.4 Å². The van der Waals surface area contributed by atoms with Crippen molar-refractivity contribution in [3.63, 3.8) is 0 Å². The number of aliphatic hydroxyl groups is 2. The van der Waals surface area contributed by atoms with Crippen molar-refractivity contribution in [1.82, 2.24) is 10.3 Å². The fourth-order valence-electron chi connectivity index (χ4n) is 1.81. The molecule has 0 aromatic carbocycles. The zero-order chi connectivity index (χ0) is 18.5. The minimum atomic E-state index is -1.73. The summed E-state index contributed by atoms with van der Waals surface area (Å²) in [4.78, 5) is 25.9. The maximum atomic E-state index is 14.0. The van der Waals surface area contributed by atoms with Crippen LogP contribution in [0.2, 0.25) is 0 Å². The number of ether oxygens (including phenoxy) is 1. The maximum Gasteiger partial charge on any atom is 0.407 e. The van der Waals surface area contributed by atoms with E-state index in [1.54, 1.807) is 20.8 Å². The number of hydrogen-bond donors (Lipinski definition) is 4. The number of rotatable bonds is 6. The zero-order valence-corrected chi connectivity index (χ0v) is 13.6. The van der Waals surface area contributed by atoms with Gasteiger partial charge in [-0.2, -0.15) is 0 Å². The molecule has 1 aromatic rings. The van der Waals surface area contributed by atoms with Crippen LogP contribution in [0.25, 0.3) is 0 Å². The van der Waals surface area contributed by atoms with Crippen LogP contribution < -0.4 is 5.32 Å². The van der Waals surface area contributed by atoms with Gasteiger partial charge in [0, 0.05) is 12.7 Å². The van der Waals surface area contributed by atoms with Crippen molar-refractivity contribution >= 4 is 12.1 Å². The number of aromatic carboxylic acids is 1. The van der Waals surface area contributed by atoms with Crippen molar-refractivity contribution in [3.8, 4) is 0 Å².